The minimum Gasteiger partial charge on any atom is -0.463 e. The van der Waals surface area contributed by atoms with Gasteiger partial charge < -0.3 is 4.74 Å². The molecule has 1 aliphatic carbocycles. The number of carbonyl (C=O) groups is 1. The van der Waals surface area contributed by atoms with Crippen LogP contribution < -0.4 is 0 Å². The molecular formula is C17H28O2. The lowest BCUT2D eigenvalue weighted by molar-refractivity contribution is -0.138. The van der Waals surface area contributed by atoms with E-state index in [0.717, 1.165) is 24.3 Å². The highest BCUT2D eigenvalue weighted by Crippen LogP contribution is 2.37. The average Bonchev–Trinajstić information content (AvgIpc) is 2.40. The fourth-order valence-electron chi connectivity index (χ4n) is 2.78. The normalized spacial score (nSPS) is 27.1. The van der Waals surface area contributed by atoms with Crippen LogP contribution in [0.2, 0.25) is 0 Å². The zero-order chi connectivity index (χ0) is 14.4. The monoisotopic (exact) mass is 264 g/mol. The Balaban J connectivity index is 2.90. The van der Waals surface area contributed by atoms with Crippen LogP contribution >= 0.6 is 0 Å². The van der Waals surface area contributed by atoms with Gasteiger partial charge in [-0.15, -0.1) is 0 Å². The molecule has 1 aliphatic rings. The molecule has 2 heteroatoms. The van der Waals surface area contributed by atoms with Crippen molar-refractivity contribution in [2.24, 2.45) is 11.8 Å². The van der Waals surface area contributed by atoms with Gasteiger partial charge in [-0.05, 0) is 58.3 Å². The van der Waals surface area contributed by atoms with Gasteiger partial charge in [-0.1, -0.05) is 31.1 Å². The van der Waals surface area contributed by atoms with E-state index < -0.39 is 0 Å². The Bertz CT molecular complexity index is 377. The van der Waals surface area contributed by atoms with Gasteiger partial charge in [0.2, 0.25) is 0 Å². The van der Waals surface area contributed by atoms with E-state index in [1.807, 2.05) is 13.8 Å². The fourth-order valence-corrected chi connectivity index (χ4v) is 2.78. The summed E-state index contributed by atoms with van der Waals surface area (Å²) in [6.45, 7) is 10.9. The van der Waals surface area contributed by atoms with Crippen LogP contribution in [0.3, 0.4) is 0 Å². The second kappa shape index (κ2) is 7.52. The lowest BCUT2D eigenvalue weighted by Gasteiger charge is -2.29. The molecule has 1 unspecified atom stereocenters. The Morgan fingerprint density at radius 1 is 1.32 bits per heavy atom. The molecule has 0 radical (unpaired) electrons. The van der Waals surface area contributed by atoms with Crippen molar-refractivity contribution in [1.82, 2.24) is 0 Å². The predicted octanol–water partition coefficient (Wildman–Crippen LogP) is 4.66. The van der Waals surface area contributed by atoms with Crippen molar-refractivity contribution >= 4 is 5.97 Å². The minimum atomic E-state index is -0.172. The first kappa shape index (κ1) is 16.0. The zero-order valence-electron chi connectivity index (χ0n) is 13.1. The van der Waals surface area contributed by atoms with E-state index in [9.17, 15) is 4.79 Å². The number of rotatable bonds is 4. The van der Waals surface area contributed by atoms with Crippen molar-refractivity contribution < 1.29 is 9.53 Å². The molecule has 0 aromatic heterocycles. The van der Waals surface area contributed by atoms with E-state index >= 15 is 0 Å². The van der Waals surface area contributed by atoms with Gasteiger partial charge in [0.05, 0.1) is 6.61 Å². The van der Waals surface area contributed by atoms with Crippen LogP contribution in [0, 0.1) is 11.8 Å². The average molecular weight is 264 g/mol. The molecule has 0 aromatic carbocycles. The summed E-state index contributed by atoms with van der Waals surface area (Å²) < 4.78 is 5.07. The quantitative estimate of drug-likeness (QED) is 0.419. The Kier molecular flexibility index (Phi) is 6.33. The largest absolute Gasteiger partial charge is 0.463 e. The summed E-state index contributed by atoms with van der Waals surface area (Å²) in [4.78, 5) is 11.7. The molecular weight excluding hydrogens is 236 g/mol. The predicted molar refractivity (Wildman–Crippen MR) is 79.9 cm³/mol. The van der Waals surface area contributed by atoms with E-state index in [4.69, 9.17) is 4.74 Å². The lowest BCUT2D eigenvalue weighted by atomic mass is 9.76. The highest BCUT2D eigenvalue weighted by Gasteiger charge is 2.23. The molecule has 1 rings (SSSR count). The van der Waals surface area contributed by atoms with Crippen molar-refractivity contribution in [3.63, 3.8) is 0 Å². The molecule has 0 spiro atoms. The number of esters is 1. The number of hydrogen-bond acceptors (Lipinski definition) is 2. The lowest BCUT2D eigenvalue weighted by Crippen LogP contribution is -2.17. The molecule has 2 nitrogen and oxygen atoms in total. The van der Waals surface area contributed by atoms with E-state index in [2.05, 4.69) is 26.8 Å². The van der Waals surface area contributed by atoms with Gasteiger partial charge in [0.1, 0.15) is 0 Å². The smallest absolute Gasteiger partial charge is 0.333 e. The SMILES string of the molecule is CCOC(=O)/C(C)=C/C1CC[C@@H](C)C/C1=C(/C)CC. The van der Waals surface area contributed by atoms with Crippen molar-refractivity contribution in [3.05, 3.63) is 22.8 Å². The van der Waals surface area contributed by atoms with Gasteiger partial charge in [0.25, 0.3) is 0 Å². The van der Waals surface area contributed by atoms with Crippen LogP contribution in [0.25, 0.3) is 0 Å². The van der Waals surface area contributed by atoms with E-state index in [0.29, 0.717) is 12.5 Å². The molecule has 2 atom stereocenters. The first-order valence-electron chi connectivity index (χ1n) is 7.53. The Labute approximate surface area is 117 Å². The summed E-state index contributed by atoms with van der Waals surface area (Å²) in [5, 5.41) is 0. The standard InChI is InChI=1S/C17H28O2/c1-6-13(4)16-10-12(3)8-9-15(16)11-14(5)17(18)19-7-2/h11-12,15H,6-10H2,1-5H3/b14-11+,16-13+/t12-,15?/m1/s1. The second-order valence-corrected chi connectivity index (χ2v) is 5.72. The summed E-state index contributed by atoms with van der Waals surface area (Å²) in [5.74, 6) is 1.03. The van der Waals surface area contributed by atoms with Crippen LogP contribution in [0.5, 0.6) is 0 Å². The maximum atomic E-state index is 11.7. The van der Waals surface area contributed by atoms with Crippen LogP contribution in [0.1, 0.15) is 60.3 Å². The van der Waals surface area contributed by atoms with Gasteiger partial charge in [-0.3, -0.25) is 0 Å². The maximum Gasteiger partial charge on any atom is 0.333 e. The van der Waals surface area contributed by atoms with Crippen molar-refractivity contribution in [3.8, 4) is 0 Å². The fraction of sp³-hybridized carbons (Fsp3) is 0.706. The molecule has 0 aromatic rings. The number of carbonyl (C=O) groups excluding carboxylic acids is 1. The third-order valence-electron chi connectivity index (χ3n) is 4.11. The summed E-state index contributed by atoms with van der Waals surface area (Å²) in [7, 11) is 0. The van der Waals surface area contributed by atoms with E-state index in [1.54, 1.807) is 5.57 Å². The highest BCUT2D eigenvalue weighted by molar-refractivity contribution is 5.87. The molecule has 1 fully saturated rings. The van der Waals surface area contributed by atoms with Gasteiger partial charge in [-0.2, -0.15) is 0 Å². The first-order chi connectivity index (χ1) is 8.99. The summed E-state index contributed by atoms with van der Waals surface area (Å²) in [6, 6.07) is 0. The van der Waals surface area contributed by atoms with Crippen LogP contribution in [0.15, 0.2) is 22.8 Å². The maximum absolute atomic E-state index is 11.7. The molecule has 0 amide bonds. The number of allylic oxidation sites excluding steroid dienone is 3. The highest BCUT2D eigenvalue weighted by atomic mass is 16.5. The third-order valence-corrected chi connectivity index (χ3v) is 4.11. The Hall–Kier alpha value is -1.05. The second-order valence-electron chi connectivity index (χ2n) is 5.72. The van der Waals surface area contributed by atoms with Crippen molar-refractivity contribution in [1.29, 1.82) is 0 Å². The van der Waals surface area contributed by atoms with E-state index in [1.165, 1.54) is 18.4 Å². The molecule has 1 saturated carbocycles. The molecule has 0 heterocycles. The molecule has 0 N–H and O–H groups in total. The zero-order valence-corrected chi connectivity index (χ0v) is 13.1. The Morgan fingerprint density at radius 2 is 2.00 bits per heavy atom. The topological polar surface area (TPSA) is 26.3 Å². The van der Waals surface area contributed by atoms with Crippen LogP contribution in [-0.4, -0.2) is 12.6 Å². The van der Waals surface area contributed by atoms with Crippen LogP contribution in [-0.2, 0) is 9.53 Å². The van der Waals surface area contributed by atoms with E-state index in [-0.39, 0.29) is 5.97 Å². The summed E-state index contributed by atoms with van der Waals surface area (Å²) in [6.07, 6.45) is 6.81. The first-order valence-corrected chi connectivity index (χ1v) is 7.53. The molecule has 0 saturated heterocycles. The molecule has 19 heavy (non-hydrogen) atoms. The van der Waals surface area contributed by atoms with Gasteiger partial charge in [0.15, 0.2) is 0 Å². The van der Waals surface area contributed by atoms with Crippen molar-refractivity contribution in [2.75, 3.05) is 6.61 Å². The van der Waals surface area contributed by atoms with Gasteiger partial charge in [-0.25, -0.2) is 4.79 Å². The third kappa shape index (κ3) is 4.52. The number of hydrogen-bond donors (Lipinski definition) is 0. The summed E-state index contributed by atoms with van der Waals surface area (Å²) in [5.41, 5.74) is 3.79. The molecule has 108 valence electrons. The molecule has 0 aliphatic heterocycles. The summed E-state index contributed by atoms with van der Waals surface area (Å²) >= 11 is 0. The van der Waals surface area contributed by atoms with Crippen molar-refractivity contribution in [2.45, 2.75) is 60.3 Å². The number of ether oxygens (including phenoxy) is 1. The minimum absolute atomic E-state index is 0.172. The van der Waals surface area contributed by atoms with Gasteiger partial charge >= 0.3 is 5.97 Å². The Morgan fingerprint density at radius 3 is 2.58 bits per heavy atom. The molecule has 0 bridgehead atoms. The van der Waals surface area contributed by atoms with Gasteiger partial charge in [0, 0.05) is 5.57 Å². The van der Waals surface area contributed by atoms with Crippen LogP contribution in [0.4, 0.5) is 0 Å².